The molecule has 2 aliphatic heterocycles. The summed E-state index contributed by atoms with van der Waals surface area (Å²) in [6.07, 6.45) is -0.0525. The van der Waals surface area contributed by atoms with Crippen LogP contribution in [0.2, 0.25) is 0 Å². The summed E-state index contributed by atoms with van der Waals surface area (Å²) in [6.45, 7) is 6.08. The van der Waals surface area contributed by atoms with Crippen LogP contribution in [0.5, 0.6) is 5.75 Å². The Labute approximate surface area is 211 Å². The lowest BCUT2D eigenvalue weighted by molar-refractivity contribution is -0.133. The van der Waals surface area contributed by atoms with Crippen LogP contribution in [0, 0.1) is 13.8 Å². The zero-order valence-electron chi connectivity index (χ0n) is 20.5. The number of carbonyl (C=O) groups excluding carboxylic acids is 1. The second kappa shape index (κ2) is 9.22. The molecule has 3 aromatic rings. The van der Waals surface area contributed by atoms with E-state index in [1.807, 2.05) is 50.2 Å². The highest BCUT2D eigenvalue weighted by Gasteiger charge is 2.45. The molecule has 36 heavy (non-hydrogen) atoms. The van der Waals surface area contributed by atoms with Crippen LogP contribution in [-0.2, 0) is 19.6 Å². The number of hydrogen-bond donors (Lipinski definition) is 1. The van der Waals surface area contributed by atoms with Crippen molar-refractivity contribution in [1.29, 1.82) is 0 Å². The van der Waals surface area contributed by atoms with Crippen LogP contribution >= 0.6 is 0 Å². The Balaban J connectivity index is 1.56. The highest BCUT2D eigenvalue weighted by Crippen LogP contribution is 2.41. The third kappa shape index (κ3) is 4.68. The molecule has 8 nitrogen and oxygen atoms in total. The number of sulfonamides is 1. The van der Waals surface area contributed by atoms with Gasteiger partial charge in [0.15, 0.2) is 0 Å². The summed E-state index contributed by atoms with van der Waals surface area (Å²) in [5.41, 5.74) is 3.17. The Morgan fingerprint density at radius 1 is 1.11 bits per heavy atom. The molecule has 1 atom stereocenters. The van der Waals surface area contributed by atoms with Gasteiger partial charge in [-0.25, -0.2) is 8.42 Å². The van der Waals surface area contributed by atoms with Crippen LogP contribution in [0.1, 0.15) is 24.6 Å². The Morgan fingerprint density at radius 3 is 2.56 bits per heavy atom. The van der Waals surface area contributed by atoms with Gasteiger partial charge < -0.3 is 14.8 Å². The predicted octanol–water partition coefficient (Wildman–Crippen LogP) is 3.62. The van der Waals surface area contributed by atoms with Gasteiger partial charge in [0.2, 0.25) is 5.91 Å². The monoisotopic (exact) mass is 507 g/mol. The number of amides is 1. The molecule has 9 heteroatoms. The summed E-state index contributed by atoms with van der Waals surface area (Å²) in [5.74, 6) is 0.311. The number of carbonyl (C=O) groups is 1. The molecule has 0 bridgehead atoms. The second-order valence-electron chi connectivity index (χ2n) is 9.60. The maximum atomic E-state index is 13.9. The summed E-state index contributed by atoms with van der Waals surface area (Å²) in [7, 11) is -3.89. The number of ether oxygens (including phenoxy) is 2. The molecule has 3 heterocycles. The Morgan fingerprint density at radius 2 is 1.89 bits per heavy atom. The van der Waals surface area contributed by atoms with Crippen LogP contribution in [-0.4, -0.2) is 50.7 Å². The zero-order chi connectivity index (χ0) is 25.5. The normalized spacial score (nSPS) is 18.5. The summed E-state index contributed by atoms with van der Waals surface area (Å²) < 4.78 is 41.0. The molecule has 1 amide bonds. The lowest BCUT2D eigenvalue weighted by Crippen LogP contribution is -2.64. The molecular weight excluding hydrogens is 478 g/mol. The highest BCUT2D eigenvalue weighted by atomic mass is 32.2. The molecule has 1 aromatic heterocycles. The van der Waals surface area contributed by atoms with Crippen molar-refractivity contribution in [3.63, 3.8) is 0 Å². The predicted molar refractivity (Wildman–Crippen MR) is 137 cm³/mol. The maximum absolute atomic E-state index is 13.9. The van der Waals surface area contributed by atoms with Crippen molar-refractivity contribution in [2.24, 2.45) is 0 Å². The number of aromatic nitrogens is 1. The zero-order valence-corrected chi connectivity index (χ0v) is 21.3. The van der Waals surface area contributed by atoms with Crippen molar-refractivity contribution in [3.05, 3.63) is 71.9 Å². The van der Waals surface area contributed by atoms with Crippen LogP contribution in [0.15, 0.2) is 65.6 Å². The van der Waals surface area contributed by atoms with Gasteiger partial charge in [0.25, 0.3) is 10.0 Å². The molecule has 1 saturated heterocycles. The number of hydrogen-bond acceptors (Lipinski definition) is 6. The molecule has 0 radical (unpaired) electrons. The minimum atomic E-state index is -3.89. The van der Waals surface area contributed by atoms with Crippen molar-refractivity contribution >= 4 is 21.6 Å². The summed E-state index contributed by atoms with van der Waals surface area (Å²) in [5, 5.41) is 2.97. The van der Waals surface area contributed by atoms with Gasteiger partial charge in [-0.3, -0.25) is 14.1 Å². The Hall–Kier alpha value is -3.43. The van der Waals surface area contributed by atoms with E-state index >= 15 is 0 Å². The average molecular weight is 508 g/mol. The van der Waals surface area contributed by atoms with Crippen molar-refractivity contribution < 1.29 is 22.7 Å². The SMILES string of the molecule is CC(=O)NC1(C[C@H]2CN(S(=O)(=O)c3cccc(C)c3)c3cc(-c4cccc(C)n4)ccc3O2)COC1. The van der Waals surface area contributed by atoms with Gasteiger partial charge in [-0.1, -0.05) is 18.2 Å². The quantitative estimate of drug-likeness (QED) is 0.547. The third-order valence-electron chi connectivity index (χ3n) is 6.47. The number of fused-ring (bicyclic) bond motifs is 1. The fourth-order valence-electron chi connectivity index (χ4n) is 4.81. The standard InChI is InChI=1S/C27H29N3O5S/c1-18-6-4-8-23(12-18)36(32,33)30-15-22(14-27(16-34-17-27)29-20(3)31)35-26-11-10-21(13-25(26)30)24-9-5-7-19(2)28-24/h4-13,22H,14-17H2,1-3H3,(H,29,31)/t22-/m0/s1. The first-order valence-corrected chi connectivity index (χ1v) is 13.3. The Kier molecular flexibility index (Phi) is 6.22. The van der Waals surface area contributed by atoms with Crippen molar-refractivity contribution in [3.8, 4) is 17.0 Å². The Bertz CT molecular complexity index is 1420. The van der Waals surface area contributed by atoms with E-state index in [2.05, 4.69) is 10.3 Å². The first kappa shape index (κ1) is 24.3. The van der Waals surface area contributed by atoms with Gasteiger partial charge in [0, 0.05) is 24.6 Å². The lowest BCUT2D eigenvalue weighted by atomic mass is 9.89. The molecule has 1 N–H and O–H groups in total. The van der Waals surface area contributed by atoms with Gasteiger partial charge in [0.1, 0.15) is 11.9 Å². The van der Waals surface area contributed by atoms with E-state index in [-0.39, 0.29) is 17.3 Å². The third-order valence-corrected chi connectivity index (χ3v) is 8.24. The van der Waals surface area contributed by atoms with Crippen LogP contribution < -0.4 is 14.4 Å². The number of rotatable bonds is 6. The minimum absolute atomic E-state index is 0.106. The van der Waals surface area contributed by atoms with Crippen molar-refractivity contribution in [2.45, 2.75) is 43.7 Å². The molecule has 2 aliphatic rings. The van der Waals surface area contributed by atoms with E-state index in [4.69, 9.17) is 9.47 Å². The molecule has 0 unspecified atom stereocenters. The average Bonchev–Trinajstić information content (AvgIpc) is 2.81. The van der Waals surface area contributed by atoms with Gasteiger partial charge in [-0.15, -0.1) is 0 Å². The van der Waals surface area contributed by atoms with E-state index in [1.165, 1.54) is 11.2 Å². The second-order valence-corrected chi connectivity index (χ2v) is 11.5. The highest BCUT2D eigenvalue weighted by molar-refractivity contribution is 7.92. The number of benzene rings is 2. The molecule has 188 valence electrons. The summed E-state index contributed by atoms with van der Waals surface area (Å²) in [4.78, 5) is 16.6. The number of nitrogens with one attached hydrogen (secondary N) is 1. The van der Waals surface area contributed by atoms with Crippen molar-refractivity contribution in [1.82, 2.24) is 10.3 Å². The number of aryl methyl sites for hydroxylation is 2. The van der Waals surface area contributed by atoms with Gasteiger partial charge in [-0.2, -0.15) is 0 Å². The van der Waals surface area contributed by atoms with Crippen LogP contribution in [0.25, 0.3) is 11.3 Å². The summed E-state index contributed by atoms with van der Waals surface area (Å²) in [6, 6.07) is 18.1. The molecular formula is C27H29N3O5S. The minimum Gasteiger partial charge on any atom is -0.486 e. The van der Waals surface area contributed by atoms with Gasteiger partial charge in [-0.05, 0) is 61.9 Å². The smallest absolute Gasteiger partial charge is 0.264 e. The molecule has 0 spiro atoms. The first-order valence-electron chi connectivity index (χ1n) is 11.9. The first-order chi connectivity index (χ1) is 17.1. The number of anilines is 1. The molecule has 0 saturated carbocycles. The molecule has 1 fully saturated rings. The van der Waals surface area contributed by atoms with Gasteiger partial charge >= 0.3 is 0 Å². The molecule has 5 rings (SSSR count). The van der Waals surface area contributed by atoms with E-state index in [9.17, 15) is 13.2 Å². The fraction of sp³-hybridized carbons (Fsp3) is 0.333. The maximum Gasteiger partial charge on any atom is 0.264 e. The van der Waals surface area contributed by atoms with Crippen LogP contribution in [0.3, 0.4) is 0 Å². The lowest BCUT2D eigenvalue weighted by Gasteiger charge is -2.45. The number of pyridine rings is 1. The molecule has 2 aromatic carbocycles. The van der Waals surface area contributed by atoms with Crippen molar-refractivity contribution in [2.75, 3.05) is 24.1 Å². The van der Waals surface area contributed by atoms with E-state index in [1.54, 1.807) is 24.3 Å². The topological polar surface area (TPSA) is 97.8 Å². The largest absolute Gasteiger partial charge is 0.486 e. The number of nitrogens with zero attached hydrogens (tertiary/aromatic N) is 2. The fourth-order valence-corrected chi connectivity index (χ4v) is 6.41. The van der Waals surface area contributed by atoms with E-state index < -0.39 is 21.7 Å². The van der Waals surface area contributed by atoms with E-state index in [0.717, 1.165) is 22.5 Å². The summed E-state index contributed by atoms with van der Waals surface area (Å²) >= 11 is 0. The molecule has 0 aliphatic carbocycles. The van der Waals surface area contributed by atoms with Crippen LogP contribution in [0.4, 0.5) is 5.69 Å². The van der Waals surface area contributed by atoms with Gasteiger partial charge in [0.05, 0.1) is 41.6 Å². The van der Waals surface area contributed by atoms with E-state index in [0.29, 0.717) is 31.1 Å².